The maximum absolute atomic E-state index is 9.98. The van der Waals surface area contributed by atoms with Gasteiger partial charge in [-0.15, -0.1) is 0 Å². The molecule has 0 saturated heterocycles. The second kappa shape index (κ2) is 5.04. The highest BCUT2D eigenvalue weighted by molar-refractivity contribution is 6.30. The molecule has 1 aromatic rings. The SMILES string of the molecule is NCCC(O)c1cc(Cl)cc2c1OCCC2. The van der Waals surface area contributed by atoms with Crippen molar-refractivity contribution in [1.82, 2.24) is 0 Å². The van der Waals surface area contributed by atoms with Crippen LogP contribution in [-0.2, 0) is 6.42 Å². The maximum atomic E-state index is 9.98. The van der Waals surface area contributed by atoms with Crippen molar-refractivity contribution < 1.29 is 9.84 Å². The molecular formula is C12H16ClNO2. The highest BCUT2D eigenvalue weighted by Gasteiger charge is 2.20. The van der Waals surface area contributed by atoms with Crippen LogP contribution in [0.15, 0.2) is 12.1 Å². The van der Waals surface area contributed by atoms with Crippen molar-refractivity contribution in [2.45, 2.75) is 25.4 Å². The number of rotatable bonds is 3. The van der Waals surface area contributed by atoms with Crippen LogP contribution in [0.1, 0.15) is 30.1 Å². The van der Waals surface area contributed by atoms with Gasteiger partial charge in [-0.2, -0.15) is 0 Å². The van der Waals surface area contributed by atoms with E-state index in [0.29, 0.717) is 24.6 Å². The molecule has 1 atom stereocenters. The van der Waals surface area contributed by atoms with Crippen LogP contribution in [0.4, 0.5) is 0 Å². The molecule has 0 aliphatic carbocycles. The number of aliphatic hydroxyl groups excluding tert-OH is 1. The first-order valence-corrected chi connectivity index (χ1v) is 5.93. The van der Waals surface area contributed by atoms with E-state index in [4.69, 9.17) is 22.1 Å². The van der Waals surface area contributed by atoms with Gasteiger partial charge in [0.15, 0.2) is 0 Å². The molecule has 2 rings (SSSR count). The fourth-order valence-electron chi connectivity index (χ4n) is 2.03. The molecule has 0 bridgehead atoms. The molecule has 0 fully saturated rings. The first-order valence-electron chi connectivity index (χ1n) is 5.55. The van der Waals surface area contributed by atoms with Gasteiger partial charge in [-0.25, -0.2) is 0 Å². The van der Waals surface area contributed by atoms with Crippen LogP contribution in [0.25, 0.3) is 0 Å². The Morgan fingerprint density at radius 2 is 2.31 bits per heavy atom. The number of aryl methyl sites for hydroxylation is 1. The molecule has 0 saturated carbocycles. The van der Waals surface area contributed by atoms with E-state index in [-0.39, 0.29) is 0 Å². The molecule has 0 amide bonds. The molecule has 1 aromatic carbocycles. The summed E-state index contributed by atoms with van der Waals surface area (Å²) < 4.78 is 5.62. The molecule has 0 aromatic heterocycles. The van der Waals surface area contributed by atoms with Gasteiger partial charge in [-0.3, -0.25) is 0 Å². The van der Waals surface area contributed by atoms with Gasteiger partial charge in [0, 0.05) is 10.6 Å². The van der Waals surface area contributed by atoms with E-state index in [1.54, 1.807) is 6.07 Å². The summed E-state index contributed by atoms with van der Waals surface area (Å²) in [7, 11) is 0. The van der Waals surface area contributed by atoms with Crippen LogP contribution >= 0.6 is 11.6 Å². The predicted octanol–water partition coefficient (Wildman–Crippen LogP) is 2.05. The van der Waals surface area contributed by atoms with Gasteiger partial charge in [0.1, 0.15) is 5.75 Å². The van der Waals surface area contributed by atoms with Gasteiger partial charge in [-0.05, 0) is 43.5 Å². The zero-order valence-corrected chi connectivity index (χ0v) is 9.83. The second-order valence-electron chi connectivity index (χ2n) is 4.03. The second-order valence-corrected chi connectivity index (χ2v) is 4.46. The number of aliphatic hydroxyl groups is 1. The summed E-state index contributed by atoms with van der Waals surface area (Å²) in [6.45, 7) is 1.15. The standard InChI is InChI=1S/C12H16ClNO2/c13-9-6-8-2-1-5-16-12(8)10(7-9)11(15)3-4-14/h6-7,11,15H,1-5,14H2. The fraction of sp³-hybridized carbons (Fsp3) is 0.500. The van der Waals surface area contributed by atoms with E-state index in [0.717, 1.165) is 29.7 Å². The topological polar surface area (TPSA) is 55.5 Å². The van der Waals surface area contributed by atoms with E-state index in [1.807, 2.05) is 6.07 Å². The highest BCUT2D eigenvalue weighted by atomic mass is 35.5. The summed E-state index contributed by atoms with van der Waals surface area (Å²) in [6.07, 6.45) is 1.89. The van der Waals surface area contributed by atoms with Gasteiger partial charge >= 0.3 is 0 Å². The Morgan fingerprint density at radius 3 is 3.06 bits per heavy atom. The summed E-state index contributed by atoms with van der Waals surface area (Å²) in [5.41, 5.74) is 7.31. The molecule has 4 heteroatoms. The lowest BCUT2D eigenvalue weighted by molar-refractivity contribution is 0.162. The summed E-state index contributed by atoms with van der Waals surface area (Å²) in [4.78, 5) is 0. The highest BCUT2D eigenvalue weighted by Crippen LogP contribution is 2.36. The maximum Gasteiger partial charge on any atom is 0.128 e. The summed E-state index contributed by atoms with van der Waals surface area (Å²) in [6, 6.07) is 3.68. The van der Waals surface area contributed by atoms with Gasteiger partial charge < -0.3 is 15.6 Å². The van der Waals surface area contributed by atoms with Gasteiger partial charge in [0.05, 0.1) is 12.7 Å². The normalized spacial score (nSPS) is 16.4. The van der Waals surface area contributed by atoms with E-state index < -0.39 is 6.10 Å². The first kappa shape index (κ1) is 11.7. The lowest BCUT2D eigenvalue weighted by Crippen LogP contribution is -2.14. The minimum absolute atomic E-state index is 0.447. The Morgan fingerprint density at radius 1 is 1.50 bits per heavy atom. The quantitative estimate of drug-likeness (QED) is 0.852. The van der Waals surface area contributed by atoms with Gasteiger partial charge in [0.2, 0.25) is 0 Å². The summed E-state index contributed by atoms with van der Waals surface area (Å²) >= 11 is 6.03. The number of hydrogen-bond acceptors (Lipinski definition) is 3. The molecule has 0 spiro atoms. The number of ether oxygens (including phenoxy) is 1. The molecule has 1 heterocycles. The Hall–Kier alpha value is -0.770. The monoisotopic (exact) mass is 241 g/mol. The number of nitrogens with two attached hydrogens (primary N) is 1. The Balaban J connectivity index is 2.38. The van der Waals surface area contributed by atoms with E-state index >= 15 is 0 Å². The van der Waals surface area contributed by atoms with Crippen LogP contribution in [0, 0.1) is 0 Å². The van der Waals surface area contributed by atoms with Crippen molar-refractivity contribution in [1.29, 1.82) is 0 Å². The summed E-state index contributed by atoms with van der Waals surface area (Å²) in [5, 5.41) is 10.6. The van der Waals surface area contributed by atoms with Crippen LogP contribution in [-0.4, -0.2) is 18.3 Å². The molecule has 1 aliphatic rings. The molecule has 0 radical (unpaired) electrons. The molecule has 16 heavy (non-hydrogen) atoms. The number of benzene rings is 1. The van der Waals surface area contributed by atoms with Crippen molar-refractivity contribution in [2.24, 2.45) is 5.73 Å². The number of halogens is 1. The van der Waals surface area contributed by atoms with Crippen molar-refractivity contribution in [3.05, 3.63) is 28.3 Å². The van der Waals surface area contributed by atoms with Crippen LogP contribution in [0.2, 0.25) is 5.02 Å². The third kappa shape index (κ3) is 2.32. The predicted molar refractivity (Wildman–Crippen MR) is 63.9 cm³/mol. The Bertz CT molecular complexity index is 382. The van der Waals surface area contributed by atoms with Crippen molar-refractivity contribution in [3.8, 4) is 5.75 Å². The van der Waals surface area contributed by atoms with Crippen molar-refractivity contribution in [3.63, 3.8) is 0 Å². The zero-order chi connectivity index (χ0) is 11.5. The third-order valence-electron chi connectivity index (χ3n) is 2.80. The van der Waals surface area contributed by atoms with Crippen molar-refractivity contribution >= 4 is 11.6 Å². The lowest BCUT2D eigenvalue weighted by Gasteiger charge is -2.23. The van der Waals surface area contributed by atoms with E-state index in [2.05, 4.69) is 0 Å². The van der Waals surface area contributed by atoms with Gasteiger partial charge in [-0.1, -0.05) is 11.6 Å². The molecular weight excluding hydrogens is 226 g/mol. The minimum Gasteiger partial charge on any atom is -0.493 e. The number of fused-ring (bicyclic) bond motifs is 1. The first-order chi connectivity index (χ1) is 7.72. The van der Waals surface area contributed by atoms with Crippen LogP contribution < -0.4 is 10.5 Å². The molecule has 88 valence electrons. The molecule has 1 aliphatic heterocycles. The van der Waals surface area contributed by atoms with Gasteiger partial charge in [0.25, 0.3) is 0 Å². The van der Waals surface area contributed by atoms with E-state index in [9.17, 15) is 5.11 Å². The van der Waals surface area contributed by atoms with E-state index in [1.165, 1.54) is 0 Å². The molecule has 1 unspecified atom stereocenters. The number of hydrogen-bond donors (Lipinski definition) is 2. The fourth-order valence-corrected chi connectivity index (χ4v) is 2.28. The zero-order valence-electron chi connectivity index (χ0n) is 9.08. The minimum atomic E-state index is -0.587. The largest absolute Gasteiger partial charge is 0.493 e. The molecule has 3 N–H and O–H groups in total. The average Bonchev–Trinajstić information content (AvgIpc) is 2.28. The summed E-state index contributed by atoms with van der Waals surface area (Å²) in [5.74, 6) is 0.802. The van der Waals surface area contributed by atoms with Crippen molar-refractivity contribution in [2.75, 3.05) is 13.2 Å². The third-order valence-corrected chi connectivity index (χ3v) is 3.01. The smallest absolute Gasteiger partial charge is 0.128 e. The Kier molecular flexibility index (Phi) is 3.69. The van der Waals surface area contributed by atoms with Crippen LogP contribution in [0.3, 0.4) is 0 Å². The Labute approximate surface area is 100 Å². The van der Waals surface area contributed by atoms with Crippen LogP contribution in [0.5, 0.6) is 5.75 Å². The molecule has 3 nitrogen and oxygen atoms in total. The lowest BCUT2D eigenvalue weighted by atomic mass is 9.98. The average molecular weight is 242 g/mol.